The number of nitrogens with zero attached hydrogens (tertiary/aromatic N) is 4. The van der Waals surface area contributed by atoms with Gasteiger partial charge in [-0.3, -0.25) is 9.78 Å². The Morgan fingerprint density at radius 1 is 1.17 bits per heavy atom. The highest BCUT2D eigenvalue weighted by molar-refractivity contribution is 7.91. The predicted molar refractivity (Wildman–Crippen MR) is 114 cm³/mol. The molecule has 1 aliphatic rings. The number of anilines is 1. The van der Waals surface area contributed by atoms with Crippen LogP contribution in [0.25, 0.3) is 0 Å². The highest BCUT2D eigenvalue weighted by Crippen LogP contribution is 2.27. The van der Waals surface area contributed by atoms with Crippen molar-refractivity contribution in [3.63, 3.8) is 0 Å². The summed E-state index contributed by atoms with van der Waals surface area (Å²) in [5.41, 5.74) is 0.596. The number of hydrogen-bond donors (Lipinski definition) is 2. The van der Waals surface area contributed by atoms with Crippen LogP contribution in [0.15, 0.2) is 15.1 Å². The first-order chi connectivity index (χ1) is 13.6. The zero-order valence-electron chi connectivity index (χ0n) is 17.4. The van der Waals surface area contributed by atoms with E-state index in [9.17, 15) is 13.2 Å². The van der Waals surface area contributed by atoms with Crippen LogP contribution in [-0.4, -0.2) is 61.5 Å². The molecule has 0 bridgehead atoms. The number of nitrogens with one attached hydrogen (secondary N) is 2. The quantitative estimate of drug-likeness (QED) is 0.696. The zero-order chi connectivity index (χ0) is 21.3. The fourth-order valence-electron chi connectivity index (χ4n) is 3.31. The molecule has 0 amide bonds. The lowest BCUT2D eigenvalue weighted by atomic mass is 10.0. The molecule has 2 N–H and O–H groups in total. The number of sulfonamides is 1. The maximum Gasteiger partial charge on any atom is 0.252 e. The van der Waals surface area contributed by atoms with E-state index in [1.807, 2.05) is 18.7 Å². The van der Waals surface area contributed by atoms with Crippen LogP contribution < -0.4 is 15.2 Å². The molecule has 11 heteroatoms. The molecule has 160 valence electrons. The molecule has 1 atom stereocenters. The van der Waals surface area contributed by atoms with Gasteiger partial charge in [0.25, 0.3) is 15.6 Å². The normalized spacial score (nSPS) is 17.1. The zero-order valence-corrected chi connectivity index (χ0v) is 19.0. The van der Waals surface area contributed by atoms with Gasteiger partial charge in [0.05, 0.1) is 22.4 Å². The van der Waals surface area contributed by atoms with E-state index in [4.69, 9.17) is 0 Å². The van der Waals surface area contributed by atoms with Gasteiger partial charge in [-0.1, -0.05) is 13.8 Å². The number of rotatable bonds is 6. The van der Waals surface area contributed by atoms with Crippen LogP contribution in [0.2, 0.25) is 0 Å². The van der Waals surface area contributed by atoms with Crippen molar-refractivity contribution in [3.8, 4) is 0 Å². The Morgan fingerprint density at radius 2 is 1.83 bits per heavy atom. The van der Waals surface area contributed by atoms with Crippen LogP contribution >= 0.6 is 11.3 Å². The van der Waals surface area contributed by atoms with Gasteiger partial charge < -0.3 is 9.80 Å². The first-order valence-corrected chi connectivity index (χ1v) is 11.9. The van der Waals surface area contributed by atoms with Gasteiger partial charge in [-0.25, -0.2) is 23.1 Å². The average Bonchev–Trinajstić information content (AvgIpc) is 2.99. The Morgan fingerprint density at radius 3 is 2.38 bits per heavy atom. The smallest absolute Gasteiger partial charge is 0.252 e. The molecular formula is C18H28N6O3S2. The Balaban J connectivity index is 1.93. The summed E-state index contributed by atoms with van der Waals surface area (Å²) in [5, 5.41) is 0.690. The van der Waals surface area contributed by atoms with Gasteiger partial charge in [0.15, 0.2) is 4.21 Å². The van der Waals surface area contributed by atoms with Crippen LogP contribution in [-0.2, 0) is 10.0 Å². The molecule has 3 rings (SSSR count). The second-order valence-electron chi connectivity index (χ2n) is 7.73. The SMILES string of the molecule is Cc1nc(C)c(S(=O)(=O)N[C@@H](c2cc(=O)[nH]c(N3CCN(C)CC3)n2)C(C)C)s1. The Bertz CT molecular complexity index is 1020. The van der Waals surface area contributed by atoms with Gasteiger partial charge in [-0.05, 0) is 26.8 Å². The molecular weight excluding hydrogens is 412 g/mol. The molecule has 1 saturated heterocycles. The van der Waals surface area contributed by atoms with Crippen molar-refractivity contribution in [2.75, 3.05) is 38.1 Å². The molecule has 1 aliphatic heterocycles. The summed E-state index contributed by atoms with van der Waals surface area (Å²) in [6, 6.07) is 0.743. The van der Waals surface area contributed by atoms with Crippen molar-refractivity contribution < 1.29 is 8.42 Å². The first-order valence-electron chi connectivity index (χ1n) is 9.58. The molecule has 29 heavy (non-hydrogen) atoms. The van der Waals surface area contributed by atoms with Crippen molar-refractivity contribution in [3.05, 3.63) is 32.8 Å². The maximum absolute atomic E-state index is 13.0. The number of hydrogen-bond acceptors (Lipinski definition) is 8. The van der Waals surface area contributed by atoms with E-state index in [0.29, 0.717) is 22.3 Å². The van der Waals surface area contributed by atoms with Crippen LogP contribution in [0.3, 0.4) is 0 Å². The Labute approximate surface area is 175 Å². The average molecular weight is 441 g/mol. The summed E-state index contributed by atoms with van der Waals surface area (Å²) in [6.07, 6.45) is 0. The number of thiazole rings is 1. The number of aromatic amines is 1. The summed E-state index contributed by atoms with van der Waals surface area (Å²) in [5.74, 6) is 0.379. The van der Waals surface area contributed by atoms with Crippen LogP contribution in [0.1, 0.15) is 36.3 Å². The number of aryl methyl sites for hydroxylation is 2. The molecule has 0 aromatic carbocycles. The number of H-pyrrole nitrogens is 1. The molecule has 2 aromatic rings. The lowest BCUT2D eigenvalue weighted by Crippen LogP contribution is -2.45. The molecule has 0 radical (unpaired) electrons. The molecule has 1 fully saturated rings. The summed E-state index contributed by atoms with van der Waals surface area (Å²) in [7, 11) is -1.73. The van der Waals surface area contributed by atoms with Crippen molar-refractivity contribution >= 4 is 27.3 Å². The molecule has 0 unspecified atom stereocenters. The molecule has 2 aromatic heterocycles. The molecule has 9 nitrogen and oxygen atoms in total. The van der Waals surface area contributed by atoms with E-state index in [0.717, 1.165) is 37.5 Å². The summed E-state index contributed by atoms with van der Waals surface area (Å²) in [4.78, 5) is 28.2. The van der Waals surface area contributed by atoms with E-state index in [2.05, 4.69) is 31.6 Å². The fourth-order valence-corrected chi connectivity index (χ4v) is 6.17. The summed E-state index contributed by atoms with van der Waals surface area (Å²) in [6.45, 7) is 10.5. The van der Waals surface area contributed by atoms with Gasteiger partial charge in [0.2, 0.25) is 5.95 Å². The third kappa shape index (κ3) is 5.03. The number of likely N-dealkylation sites (N-methyl/N-ethyl adjacent to an activating group) is 1. The Kier molecular flexibility index (Phi) is 6.42. The van der Waals surface area contributed by atoms with E-state index in [1.165, 1.54) is 6.07 Å². The van der Waals surface area contributed by atoms with Gasteiger partial charge in [-0.15, -0.1) is 11.3 Å². The van der Waals surface area contributed by atoms with E-state index >= 15 is 0 Å². The summed E-state index contributed by atoms with van der Waals surface area (Å²) >= 11 is 1.14. The molecule has 3 heterocycles. The predicted octanol–water partition coefficient (Wildman–Crippen LogP) is 1.27. The minimum Gasteiger partial charge on any atom is -0.340 e. The second kappa shape index (κ2) is 8.50. The highest BCUT2D eigenvalue weighted by atomic mass is 32.2. The van der Waals surface area contributed by atoms with Crippen LogP contribution in [0.5, 0.6) is 0 Å². The van der Waals surface area contributed by atoms with Crippen LogP contribution in [0, 0.1) is 19.8 Å². The summed E-state index contributed by atoms with van der Waals surface area (Å²) < 4.78 is 28.9. The first kappa shape index (κ1) is 21.9. The van der Waals surface area contributed by atoms with Gasteiger partial charge in [0, 0.05) is 32.2 Å². The van der Waals surface area contributed by atoms with Crippen molar-refractivity contribution in [2.45, 2.75) is 37.9 Å². The fraction of sp³-hybridized carbons (Fsp3) is 0.611. The monoisotopic (exact) mass is 440 g/mol. The van der Waals surface area contributed by atoms with Crippen molar-refractivity contribution in [2.24, 2.45) is 5.92 Å². The van der Waals surface area contributed by atoms with Crippen molar-refractivity contribution in [1.82, 2.24) is 24.6 Å². The highest BCUT2D eigenvalue weighted by Gasteiger charge is 2.29. The van der Waals surface area contributed by atoms with Gasteiger partial charge >= 0.3 is 0 Å². The molecule has 0 spiro atoms. The minimum absolute atomic E-state index is 0.103. The molecule has 0 saturated carbocycles. The van der Waals surface area contributed by atoms with E-state index in [-0.39, 0.29) is 15.7 Å². The second-order valence-corrected chi connectivity index (χ2v) is 10.8. The molecule has 0 aliphatic carbocycles. The topological polar surface area (TPSA) is 111 Å². The van der Waals surface area contributed by atoms with Crippen molar-refractivity contribution in [1.29, 1.82) is 0 Å². The minimum atomic E-state index is -3.79. The van der Waals surface area contributed by atoms with E-state index < -0.39 is 16.1 Å². The third-order valence-corrected chi connectivity index (χ3v) is 8.05. The maximum atomic E-state index is 13.0. The lowest BCUT2D eigenvalue weighted by Gasteiger charge is -2.33. The van der Waals surface area contributed by atoms with Gasteiger partial charge in [-0.2, -0.15) is 0 Å². The van der Waals surface area contributed by atoms with Crippen LogP contribution in [0.4, 0.5) is 5.95 Å². The lowest BCUT2D eigenvalue weighted by molar-refractivity contribution is 0.310. The Hall–Kier alpha value is -1.82. The number of aromatic nitrogens is 3. The largest absolute Gasteiger partial charge is 0.340 e. The van der Waals surface area contributed by atoms with E-state index in [1.54, 1.807) is 13.8 Å². The van der Waals surface area contributed by atoms with Gasteiger partial charge in [0.1, 0.15) is 0 Å². The third-order valence-electron chi connectivity index (χ3n) is 4.92. The number of piperazine rings is 1. The standard InChI is InChI=1S/C18H28N6O3S2/c1-11(2)16(22-29(26,27)17-12(3)19-13(4)28-17)14-10-15(25)21-18(20-14)24-8-6-23(5)7-9-24/h10-11,16,22H,6-9H2,1-5H3,(H,20,21,25)/t16-/m1/s1.